The van der Waals surface area contributed by atoms with Crippen LogP contribution < -0.4 is 10.6 Å². The normalized spacial score (nSPS) is 11.2. The summed E-state index contributed by atoms with van der Waals surface area (Å²) in [6, 6.07) is 10.6. The molecule has 3 heterocycles. The van der Waals surface area contributed by atoms with E-state index in [0.717, 1.165) is 0 Å². The van der Waals surface area contributed by atoms with Gasteiger partial charge in [-0.3, -0.25) is 14.8 Å². The van der Waals surface area contributed by atoms with E-state index < -0.39 is 23.0 Å². The molecule has 3 aromatic heterocycles. The molecule has 2 N–H and O–H groups in total. The van der Waals surface area contributed by atoms with E-state index in [1.165, 1.54) is 24.5 Å². The maximum Gasteiger partial charge on any atom is 0.274 e. The number of hydrogen-bond donors (Lipinski definition) is 2. The molecule has 0 atom stereocenters. The highest BCUT2D eigenvalue weighted by molar-refractivity contribution is 6.03. The van der Waals surface area contributed by atoms with Crippen molar-refractivity contribution in [3.8, 4) is 17.2 Å². The van der Waals surface area contributed by atoms with Crippen LogP contribution in [0.2, 0.25) is 0 Å². The second kappa shape index (κ2) is 8.83. The van der Waals surface area contributed by atoms with Gasteiger partial charge in [-0.25, -0.2) is 13.8 Å². The summed E-state index contributed by atoms with van der Waals surface area (Å²) >= 11 is 0. The summed E-state index contributed by atoms with van der Waals surface area (Å²) in [6.07, 6.45) is 4.48. The Morgan fingerprint density at radius 2 is 1.82 bits per heavy atom. The average molecular weight is 458 g/mol. The summed E-state index contributed by atoms with van der Waals surface area (Å²) < 4.78 is 29.2. The fourth-order valence-corrected chi connectivity index (χ4v) is 3.37. The molecule has 4 rings (SSSR count). The van der Waals surface area contributed by atoms with E-state index in [0.29, 0.717) is 33.9 Å². The molecule has 0 aliphatic rings. The van der Waals surface area contributed by atoms with Gasteiger partial charge >= 0.3 is 0 Å². The van der Waals surface area contributed by atoms with Gasteiger partial charge in [0.05, 0.1) is 22.7 Å². The minimum Gasteiger partial charge on any atom is -0.373 e. The number of amides is 1. The number of fused-ring (bicyclic) bond motifs is 1. The highest BCUT2D eigenvalue weighted by Gasteiger charge is 2.22. The van der Waals surface area contributed by atoms with E-state index in [1.54, 1.807) is 45.3 Å². The van der Waals surface area contributed by atoms with Crippen LogP contribution in [0.1, 0.15) is 29.9 Å². The molecule has 0 saturated heterocycles. The van der Waals surface area contributed by atoms with Crippen molar-refractivity contribution in [2.24, 2.45) is 0 Å². The zero-order chi connectivity index (χ0) is 24.5. The van der Waals surface area contributed by atoms with Crippen LogP contribution in [0.15, 0.2) is 55.0 Å². The first-order valence-electron chi connectivity index (χ1n) is 10.3. The highest BCUT2D eigenvalue weighted by atomic mass is 19.1. The Bertz CT molecular complexity index is 1460. The second-order valence-electron chi connectivity index (χ2n) is 8.17. The molecule has 0 aliphatic carbocycles. The molecule has 0 saturated carbocycles. The van der Waals surface area contributed by atoms with Gasteiger partial charge in [0.25, 0.3) is 5.91 Å². The Balaban J connectivity index is 1.68. The number of hydrogen-bond acceptors (Lipinski definition) is 6. The molecule has 4 aromatic rings. The Labute approximate surface area is 194 Å². The molecule has 9 heteroatoms. The number of aromatic nitrogens is 3. The number of anilines is 2. The van der Waals surface area contributed by atoms with Gasteiger partial charge in [0, 0.05) is 54.3 Å². The van der Waals surface area contributed by atoms with E-state index in [1.807, 2.05) is 0 Å². The number of carbonyl (C=O) groups is 1. The van der Waals surface area contributed by atoms with Gasteiger partial charge < -0.3 is 10.6 Å². The number of pyridine rings is 3. The van der Waals surface area contributed by atoms with E-state index in [4.69, 9.17) is 0 Å². The molecule has 7 nitrogen and oxygen atoms in total. The summed E-state index contributed by atoms with van der Waals surface area (Å²) in [5.41, 5.74) is 0.671. The third-order valence-electron chi connectivity index (χ3n) is 5.43. The Morgan fingerprint density at radius 3 is 2.56 bits per heavy atom. The van der Waals surface area contributed by atoms with Gasteiger partial charge in [0.1, 0.15) is 23.1 Å². The van der Waals surface area contributed by atoms with Crippen LogP contribution in [0.4, 0.5) is 20.3 Å². The minimum absolute atomic E-state index is 0.00452. The molecule has 0 fully saturated rings. The molecule has 0 aliphatic heterocycles. The number of carbonyl (C=O) groups excluding carboxylic acids is 1. The van der Waals surface area contributed by atoms with Gasteiger partial charge in [-0.05, 0) is 43.7 Å². The topological polar surface area (TPSA) is 104 Å². The van der Waals surface area contributed by atoms with E-state index >= 15 is 0 Å². The minimum atomic E-state index is -0.933. The molecule has 1 amide bonds. The average Bonchev–Trinajstić information content (AvgIpc) is 2.85. The first-order valence-corrected chi connectivity index (χ1v) is 10.3. The number of nitrogens with zero attached hydrogens (tertiary/aromatic N) is 4. The summed E-state index contributed by atoms with van der Waals surface area (Å²) in [5.74, 6) is -1.78. The summed E-state index contributed by atoms with van der Waals surface area (Å²) in [6.45, 7) is 3.42. The quantitative estimate of drug-likeness (QED) is 0.433. The molecule has 0 radical (unpaired) electrons. The van der Waals surface area contributed by atoms with Crippen LogP contribution >= 0.6 is 0 Å². The van der Waals surface area contributed by atoms with E-state index in [-0.39, 0.29) is 16.9 Å². The molecule has 34 heavy (non-hydrogen) atoms. The molecular formula is C25H20F2N6O. The molecule has 0 spiro atoms. The van der Waals surface area contributed by atoms with Crippen molar-refractivity contribution in [1.29, 1.82) is 5.26 Å². The van der Waals surface area contributed by atoms with Crippen molar-refractivity contribution < 1.29 is 13.6 Å². The monoisotopic (exact) mass is 458 g/mol. The molecule has 0 bridgehead atoms. The van der Waals surface area contributed by atoms with Crippen molar-refractivity contribution in [2.45, 2.75) is 19.3 Å². The van der Waals surface area contributed by atoms with Crippen molar-refractivity contribution in [1.82, 2.24) is 15.0 Å². The Kier molecular flexibility index (Phi) is 5.90. The molecular weight excluding hydrogens is 438 g/mol. The zero-order valence-corrected chi connectivity index (χ0v) is 18.6. The molecule has 170 valence electrons. The fourth-order valence-electron chi connectivity index (χ4n) is 3.37. The van der Waals surface area contributed by atoms with Crippen LogP contribution in [0.5, 0.6) is 0 Å². The Morgan fingerprint density at radius 1 is 1.03 bits per heavy atom. The lowest BCUT2D eigenvalue weighted by atomic mass is 9.86. The van der Waals surface area contributed by atoms with Crippen molar-refractivity contribution in [3.63, 3.8) is 0 Å². The maximum atomic E-state index is 14.7. The third-order valence-corrected chi connectivity index (χ3v) is 5.43. The SMILES string of the molecule is CNc1cc2ncc(-c3cc(NC(=O)c4cc(C(C)(C)C#N)ccn4)c(F)cc3F)cc2cn1. The van der Waals surface area contributed by atoms with Crippen molar-refractivity contribution in [3.05, 3.63) is 77.9 Å². The van der Waals surface area contributed by atoms with Gasteiger partial charge in [-0.1, -0.05) is 0 Å². The summed E-state index contributed by atoms with van der Waals surface area (Å²) in [5, 5.41) is 15.4. The van der Waals surface area contributed by atoms with Gasteiger partial charge in [0.2, 0.25) is 0 Å². The predicted octanol–water partition coefficient (Wildman–Crippen LogP) is 5.07. The van der Waals surface area contributed by atoms with Gasteiger partial charge in [-0.15, -0.1) is 0 Å². The van der Waals surface area contributed by atoms with E-state index in [9.17, 15) is 18.8 Å². The highest BCUT2D eigenvalue weighted by Crippen LogP contribution is 2.30. The standard InChI is InChI=1S/C25H20F2N6O/c1-25(2,13-28)16-4-5-30-22(7-16)24(34)33-21-8-17(18(26)9-19(21)27)14-6-15-12-32-23(29-3)10-20(15)31-11-14/h4-12H,1-3H3,(H,29,32)(H,33,34). The third kappa shape index (κ3) is 4.38. The number of nitriles is 1. The predicted molar refractivity (Wildman–Crippen MR) is 125 cm³/mol. The maximum absolute atomic E-state index is 14.7. The van der Waals surface area contributed by atoms with E-state index in [2.05, 4.69) is 31.7 Å². The van der Waals surface area contributed by atoms with Gasteiger partial charge in [0.15, 0.2) is 0 Å². The first kappa shape index (κ1) is 22.7. The number of halogens is 2. The van der Waals surface area contributed by atoms with Crippen LogP contribution in [-0.2, 0) is 5.41 Å². The lowest BCUT2D eigenvalue weighted by Crippen LogP contribution is -2.18. The summed E-state index contributed by atoms with van der Waals surface area (Å²) in [4.78, 5) is 25.4. The lowest BCUT2D eigenvalue weighted by Gasteiger charge is -2.16. The van der Waals surface area contributed by atoms with Crippen LogP contribution in [0.3, 0.4) is 0 Å². The smallest absolute Gasteiger partial charge is 0.274 e. The van der Waals surface area contributed by atoms with Crippen LogP contribution in [-0.4, -0.2) is 27.9 Å². The molecule has 1 aromatic carbocycles. The van der Waals surface area contributed by atoms with Crippen molar-refractivity contribution in [2.75, 3.05) is 17.7 Å². The summed E-state index contributed by atoms with van der Waals surface area (Å²) in [7, 11) is 1.74. The number of rotatable bonds is 5. The second-order valence-corrected chi connectivity index (χ2v) is 8.17. The number of nitrogens with one attached hydrogen (secondary N) is 2. The van der Waals surface area contributed by atoms with Gasteiger partial charge in [-0.2, -0.15) is 5.26 Å². The Hall–Kier alpha value is -4.45. The zero-order valence-electron chi connectivity index (χ0n) is 18.6. The fraction of sp³-hybridized carbons (Fsp3) is 0.160. The first-order chi connectivity index (χ1) is 16.2. The van der Waals surface area contributed by atoms with Crippen LogP contribution in [0, 0.1) is 23.0 Å². The number of benzene rings is 1. The van der Waals surface area contributed by atoms with Crippen LogP contribution in [0.25, 0.3) is 22.0 Å². The lowest BCUT2D eigenvalue weighted by molar-refractivity contribution is 0.102. The largest absolute Gasteiger partial charge is 0.373 e. The van der Waals surface area contributed by atoms with Crippen molar-refractivity contribution >= 4 is 28.3 Å². The molecule has 0 unspecified atom stereocenters.